The summed E-state index contributed by atoms with van der Waals surface area (Å²) >= 11 is 0. The fourth-order valence-electron chi connectivity index (χ4n) is 4.30. The molecule has 4 rings (SSSR count). The van der Waals surface area contributed by atoms with Crippen molar-refractivity contribution in [1.82, 2.24) is 9.88 Å². The zero-order chi connectivity index (χ0) is 29.6. The van der Waals surface area contributed by atoms with Crippen LogP contribution in [-0.4, -0.2) is 66.2 Å². The van der Waals surface area contributed by atoms with Gasteiger partial charge in [0.15, 0.2) is 11.5 Å². The van der Waals surface area contributed by atoms with Gasteiger partial charge in [-0.15, -0.1) is 13.2 Å². The lowest BCUT2D eigenvalue weighted by molar-refractivity contribution is -0.274. The van der Waals surface area contributed by atoms with Gasteiger partial charge < -0.3 is 20.1 Å². The maximum Gasteiger partial charge on any atom is 0.573 e. The molecule has 0 bridgehead atoms. The highest BCUT2D eigenvalue weighted by Gasteiger charge is 2.33. The Kier molecular flexibility index (Phi) is 9.35. The van der Waals surface area contributed by atoms with Gasteiger partial charge in [-0.1, -0.05) is 18.2 Å². The maximum atomic E-state index is 13.1. The molecule has 1 aliphatic rings. The van der Waals surface area contributed by atoms with Gasteiger partial charge in [0.2, 0.25) is 11.8 Å². The van der Waals surface area contributed by atoms with Crippen molar-refractivity contribution < 1.29 is 37.0 Å². The van der Waals surface area contributed by atoms with Crippen molar-refractivity contribution in [2.45, 2.75) is 32.7 Å². The quantitative estimate of drug-likeness (QED) is 0.359. The van der Waals surface area contributed by atoms with Gasteiger partial charge in [-0.05, 0) is 48.9 Å². The molecule has 1 saturated heterocycles. The third-order valence-corrected chi connectivity index (χ3v) is 6.45. The van der Waals surface area contributed by atoms with Crippen molar-refractivity contribution in [1.29, 1.82) is 0 Å². The number of ketones is 1. The van der Waals surface area contributed by atoms with E-state index >= 15 is 0 Å². The Morgan fingerprint density at radius 3 is 2.34 bits per heavy atom. The first kappa shape index (κ1) is 29.7. The van der Waals surface area contributed by atoms with Crippen molar-refractivity contribution >= 4 is 29.0 Å². The number of nitrogens with one attached hydrogen (secondary N) is 2. The SMILES string of the molecule is CC(=O)Nc1ccc(-c2ccc(CC(=O)c3ccc(OC(F)(F)F)c(NC(=O)C(C)N4CCOCC4)c3)cn2)cc1. The summed E-state index contributed by atoms with van der Waals surface area (Å²) < 4.78 is 48.5. The molecule has 216 valence electrons. The third-order valence-electron chi connectivity index (χ3n) is 6.45. The van der Waals surface area contributed by atoms with Crippen LogP contribution in [0.5, 0.6) is 5.75 Å². The molecular formula is C29H29F3N4O5. The van der Waals surface area contributed by atoms with Gasteiger partial charge in [-0.2, -0.15) is 0 Å². The lowest BCUT2D eigenvalue weighted by Gasteiger charge is -2.31. The number of Topliss-reactive ketones (excluding diaryl/α,β-unsaturated/α-hetero) is 1. The predicted molar refractivity (Wildman–Crippen MR) is 146 cm³/mol. The maximum absolute atomic E-state index is 13.1. The molecule has 2 amide bonds. The van der Waals surface area contributed by atoms with Crippen LogP contribution in [0.1, 0.15) is 29.8 Å². The molecule has 9 nitrogen and oxygen atoms in total. The minimum atomic E-state index is -4.99. The fraction of sp³-hybridized carbons (Fsp3) is 0.310. The van der Waals surface area contributed by atoms with Crippen LogP contribution in [0.25, 0.3) is 11.3 Å². The molecule has 1 unspecified atom stereocenters. The number of ether oxygens (including phenoxy) is 2. The summed E-state index contributed by atoms with van der Waals surface area (Å²) in [7, 11) is 0. The topological polar surface area (TPSA) is 110 Å². The second kappa shape index (κ2) is 12.9. The summed E-state index contributed by atoms with van der Waals surface area (Å²) in [5.41, 5.74) is 2.56. The molecule has 12 heteroatoms. The van der Waals surface area contributed by atoms with Gasteiger partial charge >= 0.3 is 6.36 Å². The van der Waals surface area contributed by atoms with Crippen molar-refractivity contribution in [3.05, 3.63) is 71.9 Å². The number of morpholine rings is 1. The van der Waals surface area contributed by atoms with Crippen molar-refractivity contribution in [3.63, 3.8) is 0 Å². The second-order valence-corrected chi connectivity index (χ2v) is 9.48. The lowest BCUT2D eigenvalue weighted by atomic mass is 10.0. The molecule has 2 N–H and O–H groups in total. The average Bonchev–Trinajstić information content (AvgIpc) is 2.94. The van der Waals surface area contributed by atoms with Gasteiger partial charge in [0, 0.05) is 49.4 Å². The minimum absolute atomic E-state index is 0.0637. The highest BCUT2D eigenvalue weighted by Crippen LogP contribution is 2.32. The molecule has 41 heavy (non-hydrogen) atoms. The average molecular weight is 571 g/mol. The van der Waals surface area contributed by atoms with Crippen LogP contribution in [-0.2, 0) is 20.7 Å². The first-order valence-electron chi connectivity index (χ1n) is 12.9. The number of hydrogen-bond donors (Lipinski definition) is 2. The van der Waals surface area contributed by atoms with Gasteiger partial charge in [0.25, 0.3) is 0 Å². The van der Waals surface area contributed by atoms with Crippen molar-refractivity contribution in [3.8, 4) is 17.0 Å². The second-order valence-electron chi connectivity index (χ2n) is 9.48. The molecule has 1 aromatic heterocycles. The number of carbonyl (C=O) groups excluding carboxylic acids is 3. The zero-order valence-corrected chi connectivity index (χ0v) is 22.5. The molecule has 1 atom stereocenters. The lowest BCUT2D eigenvalue weighted by Crippen LogP contribution is -2.47. The molecule has 1 aliphatic heterocycles. The molecular weight excluding hydrogens is 541 g/mol. The Bertz CT molecular complexity index is 1390. The molecule has 1 fully saturated rings. The van der Waals surface area contributed by atoms with Crippen molar-refractivity contribution in [2.75, 3.05) is 36.9 Å². The summed E-state index contributed by atoms with van der Waals surface area (Å²) in [5.74, 6) is -1.71. The number of amides is 2. The molecule has 0 radical (unpaired) electrons. The normalized spacial score (nSPS) is 14.7. The summed E-state index contributed by atoms with van der Waals surface area (Å²) in [6.45, 7) is 4.98. The smallest absolute Gasteiger partial charge is 0.404 e. The van der Waals surface area contributed by atoms with E-state index in [0.29, 0.717) is 43.2 Å². The Morgan fingerprint density at radius 2 is 1.73 bits per heavy atom. The van der Waals surface area contributed by atoms with E-state index in [9.17, 15) is 27.6 Å². The Morgan fingerprint density at radius 1 is 1.02 bits per heavy atom. The number of benzene rings is 2. The summed E-state index contributed by atoms with van der Waals surface area (Å²) in [4.78, 5) is 43.4. The zero-order valence-electron chi connectivity index (χ0n) is 22.5. The molecule has 0 spiro atoms. The minimum Gasteiger partial charge on any atom is -0.404 e. The molecule has 0 aliphatic carbocycles. The standard InChI is InChI=1S/C29H29F3N4O5/c1-18(36-11-13-40-14-12-36)28(39)35-25-16-22(6-10-27(25)41-29(30,31)32)26(38)15-20-3-9-24(33-17-20)21-4-7-23(8-5-21)34-19(2)37/h3-10,16-18H,11-15H2,1-2H3,(H,34,37)(H,35,39). The van der Waals surface area contributed by atoms with E-state index in [-0.39, 0.29) is 29.4 Å². The number of carbonyl (C=O) groups is 3. The van der Waals surface area contributed by atoms with Crippen LogP contribution >= 0.6 is 0 Å². The first-order valence-corrected chi connectivity index (χ1v) is 12.9. The number of pyridine rings is 1. The largest absolute Gasteiger partial charge is 0.573 e. The number of anilines is 2. The van der Waals surface area contributed by atoms with Crippen LogP contribution in [0, 0.1) is 0 Å². The summed E-state index contributed by atoms with van der Waals surface area (Å²) in [6, 6.07) is 13.4. The predicted octanol–water partition coefficient (Wildman–Crippen LogP) is 4.69. The van der Waals surface area contributed by atoms with E-state index in [1.807, 2.05) is 4.90 Å². The van der Waals surface area contributed by atoms with Gasteiger partial charge in [-0.3, -0.25) is 24.3 Å². The monoisotopic (exact) mass is 570 g/mol. The Hall–Kier alpha value is -4.29. The molecule has 3 aromatic rings. The van der Waals surface area contributed by atoms with Crippen LogP contribution in [0.2, 0.25) is 0 Å². The number of rotatable bonds is 9. The van der Waals surface area contributed by atoms with Crippen molar-refractivity contribution in [2.24, 2.45) is 0 Å². The fourth-order valence-corrected chi connectivity index (χ4v) is 4.30. The van der Waals surface area contributed by atoms with E-state index in [2.05, 4.69) is 20.4 Å². The van der Waals surface area contributed by atoms with Crippen LogP contribution in [0.4, 0.5) is 24.5 Å². The van der Waals surface area contributed by atoms with Gasteiger partial charge in [0.1, 0.15) is 0 Å². The highest BCUT2D eigenvalue weighted by molar-refractivity contribution is 6.01. The summed E-state index contributed by atoms with van der Waals surface area (Å²) in [5, 5.41) is 5.18. The Balaban J connectivity index is 1.47. The van der Waals surface area contributed by atoms with Crippen LogP contribution < -0.4 is 15.4 Å². The van der Waals surface area contributed by atoms with E-state index in [1.165, 1.54) is 19.1 Å². The number of halogens is 3. The van der Waals surface area contributed by atoms with E-state index in [1.54, 1.807) is 49.5 Å². The van der Waals surface area contributed by atoms with Crippen LogP contribution in [0.15, 0.2) is 60.8 Å². The third kappa shape index (κ3) is 8.35. The number of alkyl halides is 3. The number of aromatic nitrogens is 1. The first-order chi connectivity index (χ1) is 19.5. The number of hydrogen-bond acceptors (Lipinski definition) is 7. The van der Waals surface area contributed by atoms with E-state index < -0.39 is 24.1 Å². The van der Waals surface area contributed by atoms with Gasteiger partial charge in [0.05, 0.1) is 30.6 Å². The summed E-state index contributed by atoms with van der Waals surface area (Å²) in [6.07, 6.45) is -3.51. The van der Waals surface area contributed by atoms with E-state index in [4.69, 9.17) is 4.74 Å². The molecule has 2 heterocycles. The molecule has 2 aromatic carbocycles. The van der Waals surface area contributed by atoms with E-state index in [0.717, 1.165) is 11.6 Å². The van der Waals surface area contributed by atoms with Gasteiger partial charge in [-0.25, -0.2) is 0 Å². The van der Waals surface area contributed by atoms with Crippen LogP contribution in [0.3, 0.4) is 0 Å². The Labute approximate surface area is 234 Å². The highest BCUT2D eigenvalue weighted by atomic mass is 19.4. The number of nitrogens with zero attached hydrogens (tertiary/aromatic N) is 2. The molecule has 0 saturated carbocycles.